The molecule has 4 aromatic rings. The van der Waals surface area contributed by atoms with Crippen LogP contribution in [0.2, 0.25) is 0 Å². The van der Waals surface area contributed by atoms with Gasteiger partial charge in [-0.3, -0.25) is 14.6 Å². The van der Waals surface area contributed by atoms with Gasteiger partial charge >= 0.3 is 6.18 Å². The molecule has 0 aliphatic carbocycles. The van der Waals surface area contributed by atoms with Gasteiger partial charge in [0.05, 0.1) is 34.8 Å². The number of aromatic nitrogens is 4. The third kappa shape index (κ3) is 5.47. The minimum absolute atomic E-state index is 0.133. The fourth-order valence-corrected chi connectivity index (χ4v) is 3.89. The number of carbonyl (C=O) groups excluding carboxylic acids is 2. The first-order valence-corrected chi connectivity index (χ1v) is 11.3. The van der Waals surface area contributed by atoms with Gasteiger partial charge in [0.2, 0.25) is 0 Å². The number of aliphatic hydroxyl groups excluding tert-OH is 1. The average molecular weight is 530 g/mol. The number of aliphatic hydroxyl groups is 1. The van der Waals surface area contributed by atoms with Gasteiger partial charge in [-0.05, 0) is 57.2 Å². The summed E-state index contributed by atoms with van der Waals surface area (Å²) in [6.45, 7) is 4.00. The molecular formula is C25H22F4N6O3. The van der Waals surface area contributed by atoms with Crippen molar-refractivity contribution in [1.82, 2.24) is 24.9 Å². The van der Waals surface area contributed by atoms with Gasteiger partial charge in [-0.25, -0.2) is 13.9 Å². The van der Waals surface area contributed by atoms with Gasteiger partial charge in [0, 0.05) is 16.8 Å². The molecule has 0 unspecified atom stereocenters. The Morgan fingerprint density at radius 3 is 2.50 bits per heavy atom. The van der Waals surface area contributed by atoms with Crippen LogP contribution in [-0.2, 0) is 11.0 Å². The molecule has 0 bridgehead atoms. The largest absolute Gasteiger partial charge is 0.416 e. The third-order valence-electron chi connectivity index (χ3n) is 5.79. The second kappa shape index (κ2) is 10.2. The van der Waals surface area contributed by atoms with Gasteiger partial charge in [0.1, 0.15) is 12.4 Å². The summed E-state index contributed by atoms with van der Waals surface area (Å²) in [4.78, 5) is 33.1. The molecule has 0 saturated heterocycles. The highest BCUT2D eigenvalue weighted by atomic mass is 19.4. The van der Waals surface area contributed by atoms with E-state index in [0.717, 1.165) is 6.07 Å². The third-order valence-corrected chi connectivity index (χ3v) is 5.79. The zero-order valence-corrected chi connectivity index (χ0v) is 20.4. The highest BCUT2D eigenvalue weighted by Gasteiger charge is 2.32. The molecule has 0 radical (unpaired) electrons. The van der Waals surface area contributed by atoms with Crippen LogP contribution in [0.15, 0.2) is 42.6 Å². The Morgan fingerprint density at radius 2 is 1.82 bits per heavy atom. The minimum atomic E-state index is -4.66. The van der Waals surface area contributed by atoms with E-state index in [-0.39, 0.29) is 16.9 Å². The second-order valence-corrected chi connectivity index (χ2v) is 8.54. The number of halogens is 4. The monoisotopic (exact) mass is 530 g/mol. The van der Waals surface area contributed by atoms with Gasteiger partial charge in [-0.1, -0.05) is 0 Å². The highest BCUT2D eigenvalue weighted by molar-refractivity contribution is 5.96. The van der Waals surface area contributed by atoms with Crippen LogP contribution < -0.4 is 10.6 Å². The van der Waals surface area contributed by atoms with Crippen LogP contribution in [0.4, 0.5) is 23.4 Å². The summed E-state index contributed by atoms with van der Waals surface area (Å²) in [5, 5.41) is 18.3. The Hall–Kier alpha value is -4.39. The molecule has 0 aliphatic heterocycles. The van der Waals surface area contributed by atoms with Crippen molar-refractivity contribution in [2.45, 2.75) is 33.0 Å². The van der Waals surface area contributed by atoms with Crippen molar-refractivity contribution in [3.63, 3.8) is 0 Å². The van der Waals surface area contributed by atoms with E-state index < -0.39 is 42.0 Å². The summed E-state index contributed by atoms with van der Waals surface area (Å²) in [7, 11) is 0. The first kappa shape index (κ1) is 26.7. The molecular weight excluding hydrogens is 508 g/mol. The van der Waals surface area contributed by atoms with Gasteiger partial charge < -0.3 is 15.7 Å². The number of benzene rings is 1. The molecule has 38 heavy (non-hydrogen) atoms. The number of aryl methyl sites for hydroxylation is 2. The van der Waals surface area contributed by atoms with Crippen molar-refractivity contribution >= 4 is 23.3 Å². The van der Waals surface area contributed by atoms with Crippen LogP contribution >= 0.6 is 0 Å². The lowest BCUT2D eigenvalue weighted by Gasteiger charge is -2.18. The van der Waals surface area contributed by atoms with Crippen LogP contribution in [0.25, 0.3) is 16.9 Å². The van der Waals surface area contributed by atoms with Crippen LogP contribution in [-0.4, -0.2) is 43.1 Å². The average Bonchev–Trinajstić information content (AvgIpc) is 3.24. The lowest BCUT2D eigenvalue weighted by Crippen LogP contribution is -2.28. The molecule has 3 N–H and O–H groups in total. The van der Waals surface area contributed by atoms with Crippen molar-refractivity contribution in [3.8, 4) is 11.3 Å². The summed E-state index contributed by atoms with van der Waals surface area (Å²) in [6, 6.07) is 5.78. The van der Waals surface area contributed by atoms with Crippen molar-refractivity contribution < 1.29 is 32.3 Å². The van der Waals surface area contributed by atoms with E-state index in [2.05, 4.69) is 25.7 Å². The van der Waals surface area contributed by atoms with E-state index in [4.69, 9.17) is 5.11 Å². The topological polar surface area (TPSA) is 122 Å². The Labute approximate surface area is 213 Å². The molecule has 4 rings (SSSR count). The van der Waals surface area contributed by atoms with Gasteiger partial charge in [-0.2, -0.15) is 18.3 Å². The Kier molecular flexibility index (Phi) is 7.14. The van der Waals surface area contributed by atoms with Gasteiger partial charge in [0.25, 0.3) is 11.8 Å². The smallest absolute Gasteiger partial charge is 0.387 e. The first-order chi connectivity index (χ1) is 17.9. The summed E-state index contributed by atoms with van der Waals surface area (Å²) >= 11 is 0. The number of hydrogen-bond donors (Lipinski definition) is 3. The molecule has 2 amide bonds. The predicted octanol–water partition coefficient (Wildman–Crippen LogP) is 3.99. The zero-order valence-electron chi connectivity index (χ0n) is 20.4. The lowest BCUT2D eigenvalue weighted by molar-refractivity contribution is -0.137. The molecule has 3 heterocycles. The van der Waals surface area contributed by atoms with Crippen LogP contribution in [0.3, 0.4) is 0 Å². The highest BCUT2D eigenvalue weighted by Crippen LogP contribution is 2.32. The fraction of sp³-hybridized carbons (Fsp3) is 0.240. The quantitative estimate of drug-likeness (QED) is 0.324. The fourth-order valence-electron chi connectivity index (χ4n) is 3.89. The van der Waals surface area contributed by atoms with Crippen molar-refractivity contribution in [2.75, 3.05) is 11.9 Å². The van der Waals surface area contributed by atoms with Crippen molar-refractivity contribution in [3.05, 3.63) is 76.5 Å². The molecule has 1 atom stereocenters. The summed E-state index contributed by atoms with van der Waals surface area (Å²) in [5.74, 6) is -1.98. The Bertz CT molecular complexity index is 1550. The SMILES string of the molecule is Cc1nc(C)c(-c2ccc3nc(NC(=O)CO)cn3n2)cc1C(=O)N[C@H](C)c1cc(C(F)(F)F)ccc1F. The van der Waals surface area contributed by atoms with Crippen LogP contribution in [0.1, 0.15) is 45.8 Å². The molecule has 1 aromatic carbocycles. The number of carbonyl (C=O) groups is 2. The van der Waals surface area contributed by atoms with Crippen LogP contribution in [0, 0.1) is 19.7 Å². The lowest BCUT2D eigenvalue weighted by atomic mass is 10.0. The van der Waals surface area contributed by atoms with E-state index in [0.29, 0.717) is 40.4 Å². The zero-order chi connectivity index (χ0) is 27.8. The number of hydrogen-bond acceptors (Lipinski definition) is 6. The number of anilines is 1. The van der Waals surface area contributed by atoms with Crippen molar-refractivity contribution in [1.29, 1.82) is 0 Å². The van der Waals surface area contributed by atoms with Gasteiger partial charge in [0.15, 0.2) is 11.5 Å². The maximum Gasteiger partial charge on any atom is 0.416 e. The molecule has 13 heteroatoms. The normalized spacial score (nSPS) is 12.4. The molecule has 0 aliphatic rings. The Morgan fingerprint density at radius 1 is 1.08 bits per heavy atom. The predicted molar refractivity (Wildman–Crippen MR) is 129 cm³/mol. The molecule has 0 saturated carbocycles. The summed E-state index contributed by atoms with van der Waals surface area (Å²) < 4.78 is 55.0. The maximum absolute atomic E-state index is 14.3. The number of imidazole rings is 1. The van der Waals surface area contributed by atoms with Crippen LogP contribution in [0.5, 0.6) is 0 Å². The summed E-state index contributed by atoms with van der Waals surface area (Å²) in [5.41, 5.74) is 1.05. The molecule has 198 valence electrons. The maximum atomic E-state index is 14.3. The molecule has 0 fully saturated rings. The number of fused-ring (bicyclic) bond motifs is 1. The van der Waals surface area contributed by atoms with E-state index in [1.807, 2.05) is 0 Å². The second-order valence-electron chi connectivity index (χ2n) is 8.54. The number of nitrogens with one attached hydrogen (secondary N) is 2. The molecule has 0 spiro atoms. The van der Waals surface area contributed by atoms with E-state index in [1.54, 1.807) is 32.0 Å². The first-order valence-electron chi connectivity index (χ1n) is 11.3. The number of nitrogens with zero attached hydrogens (tertiary/aromatic N) is 4. The number of amides is 2. The standard InChI is InChI=1S/C25H22F4N6O3/c1-12(16-8-15(25(27,28)29)4-5-19(16)26)31-24(38)18-9-17(13(2)30-14(18)3)20-6-7-22-32-21(10-35(22)34-20)33-23(37)11-36/h4-10,12,36H,11H2,1-3H3,(H,31,38)(H,33,37)/t12-/m1/s1. The number of rotatable bonds is 6. The van der Waals surface area contributed by atoms with E-state index in [1.165, 1.54) is 17.6 Å². The molecule has 9 nitrogen and oxygen atoms in total. The minimum Gasteiger partial charge on any atom is -0.387 e. The van der Waals surface area contributed by atoms with Crippen molar-refractivity contribution in [2.24, 2.45) is 0 Å². The van der Waals surface area contributed by atoms with Gasteiger partial charge in [-0.15, -0.1) is 0 Å². The molecule has 3 aromatic heterocycles. The number of pyridine rings is 1. The van der Waals surface area contributed by atoms with E-state index >= 15 is 0 Å². The Balaban J connectivity index is 1.63. The van der Waals surface area contributed by atoms with E-state index in [9.17, 15) is 27.2 Å². The number of alkyl halides is 3. The summed E-state index contributed by atoms with van der Waals surface area (Å²) in [6.07, 6.45) is -3.21.